The Morgan fingerprint density at radius 3 is 2.43 bits per heavy atom. The lowest BCUT2D eigenvalue weighted by Crippen LogP contribution is -2.28. The van der Waals surface area contributed by atoms with Gasteiger partial charge in [-0.15, -0.1) is 0 Å². The summed E-state index contributed by atoms with van der Waals surface area (Å²) in [4.78, 5) is 24.2. The summed E-state index contributed by atoms with van der Waals surface area (Å²) in [6, 6.07) is 4.52. The summed E-state index contributed by atoms with van der Waals surface area (Å²) in [6.07, 6.45) is 1.43. The van der Waals surface area contributed by atoms with Crippen LogP contribution in [0.15, 0.2) is 23.1 Å². The van der Waals surface area contributed by atoms with Gasteiger partial charge in [-0.05, 0) is 31.0 Å². The number of sulfone groups is 1. The van der Waals surface area contributed by atoms with E-state index in [4.69, 9.17) is 5.11 Å². The van der Waals surface area contributed by atoms with Gasteiger partial charge in [0.2, 0.25) is 0 Å². The molecule has 0 unspecified atom stereocenters. The maximum Gasteiger partial charge on any atom is 0.303 e. The van der Waals surface area contributed by atoms with Gasteiger partial charge in [0, 0.05) is 31.8 Å². The Labute approximate surface area is 124 Å². The lowest BCUT2D eigenvalue weighted by molar-refractivity contribution is -0.137. The highest BCUT2D eigenvalue weighted by Crippen LogP contribution is 2.18. The number of hydrogen-bond acceptors (Lipinski definition) is 4. The number of carboxylic acids is 1. The van der Waals surface area contributed by atoms with Crippen molar-refractivity contribution in [3.8, 4) is 0 Å². The van der Waals surface area contributed by atoms with Crippen LogP contribution in [0.4, 0.5) is 0 Å². The van der Waals surface area contributed by atoms with Gasteiger partial charge >= 0.3 is 5.97 Å². The molecular weight excluding hydrogens is 294 g/mol. The van der Waals surface area contributed by atoms with Crippen LogP contribution in [0.25, 0.3) is 0 Å². The molecule has 0 aliphatic carbocycles. The van der Waals surface area contributed by atoms with E-state index in [-0.39, 0.29) is 22.8 Å². The second-order valence-corrected chi connectivity index (χ2v) is 6.96. The molecule has 1 aromatic carbocycles. The van der Waals surface area contributed by atoms with Crippen LogP contribution >= 0.6 is 0 Å². The molecule has 21 heavy (non-hydrogen) atoms. The van der Waals surface area contributed by atoms with Crippen LogP contribution in [0.5, 0.6) is 0 Å². The summed E-state index contributed by atoms with van der Waals surface area (Å²) >= 11 is 0. The van der Waals surface area contributed by atoms with Gasteiger partial charge in [0.25, 0.3) is 5.91 Å². The van der Waals surface area contributed by atoms with E-state index in [2.05, 4.69) is 0 Å². The van der Waals surface area contributed by atoms with Gasteiger partial charge in [-0.3, -0.25) is 9.59 Å². The van der Waals surface area contributed by atoms with E-state index in [1.807, 2.05) is 0 Å². The maximum atomic E-state index is 12.2. The fourth-order valence-corrected chi connectivity index (χ4v) is 2.92. The zero-order valence-corrected chi connectivity index (χ0v) is 13.1. The van der Waals surface area contributed by atoms with E-state index in [1.165, 1.54) is 11.0 Å². The van der Waals surface area contributed by atoms with Crippen molar-refractivity contribution >= 4 is 21.7 Å². The molecule has 0 aliphatic heterocycles. The van der Waals surface area contributed by atoms with Crippen molar-refractivity contribution in [3.05, 3.63) is 29.3 Å². The molecule has 0 spiro atoms. The van der Waals surface area contributed by atoms with Crippen molar-refractivity contribution in [2.75, 3.05) is 19.8 Å². The van der Waals surface area contributed by atoms with Gasteiger partial charge in [0.05, 0.1) is 4.90 Å². The monoisotopic (exact) mass is 313 g/mol. The Morgan fingerprint density at radius 1 is 1.29 bits per heavy atom. The minimum Gasteiger partial charge on any atom is -0.481 e. The van der Waals surface area contributed by atoms with Gasteiger partial charge in [0.1, 0.15) is 0 Å². The number of rotatable bonds is 6. The van der Waals surface area contributed by atoms with Crippen LogP contribution < -0.4 is 0 Å². The Morgan fingerprint density at radius 2 is 1.90 bits per heavy atom. The van der Waals surface area contributed by atoms with E-state index in [9.17, 15) is 18.0 Å². The molecule has 0 bridgehead atoms. The van der Waals surface area contributed by atoms with E-state index in [0.29, 0.717) is 18.5 Å². The highest BCUT2D eigenvalue weighted by molar-refractivity contribution is 7.90. The topological polar surface area (TPSA) is 91.8 Å². The molecule has 7 heteroatoms. The van der Waals surface area contributed by atoms with Crippen LogP contribution in [-0.2, 0) is 14.6 Å². The molecule has 0 saturated heterocycles. The van der Waals surface area contributed by atoms with Crippen molar-refractivity contribution in [1.29, 1.82) is 0 Å². The number of carbonyl (C=O) groups is 2. The second kappa shape index (κ2) is 6.71. The highest BCUT2D eigenvalue weighted by atomic mass is 32.2. The fraction of sp³-hybridized carbons (Fsp3) is 0.429. The zero-order chi connectivity index (χ0) is 16.2. The Kier molecular flexibility index (Phi) is 5.48. The number of hydrogen-bond donors (Lipinski definition) is 1. The predicted octanol–water partition coefficient (Wildman–Crippen LogP) is 1.34. The summed E-state index contributed by atoms with van der Waals surface area (Å²) < 4.78 is 23.3. The lowest BCUT2D eigenvalue weighted by atomic mass is 10.1. The SMILES string of the molecule is Cc1ccc(C(=O)N(C)CCCC(=O)O)cc1S(C)(=O)=O. The highest BCUT2D eigenvalue weighted by Gasteiger charge is 2.17. The molecule has 0 saturated carbocycles. The summed E-state index contributed by atoms with van der Waals surface area (Å²) in [5.41, 5.74) is 0.862. The largest absolute Gasteiger partial charge is 0.481 e. The minimum atomic E-state index is -3.39. The molecule has 0 radical (unpaired) electrons. The zero-order valence-electron chi connectivity index (χ0n) is 12.3. The van der Waals surface area contributed by atoms with E-state index in [0.717, 1.165) is 6.26 Å². The molecule has 0 atom stereocenters. The van der Waals surface area contributed by atoms with Gasteiger partial charge < -0.3 is 10.0 Å². The van der Waals surface area contributed by atoms with Crippen molar-refractivity contribution in [1.82, 2.24) is 4.90 Å². The first-order chi connectivity index (χ1) is 9.62. The van der Waals surface area contributed by atoms with E-state index >= 15 is 0 Å². The smallest absolute Gasteiger partial charge is 0.303 e. The third-order valence-corrected chi connectivity index (χ3v) is 4.30. The van der Waals surface area contributed by atoms with Gasteiger partial charge in [-0.1, -0.05) is 6.07 Å². The average Bonchev–Trinajstić information content (AvgIpc) is 2.36. The molecular formula is C14H19NO5S. The molecule has 6 nitrogen and oxygen atoms in total. The Bertz CT molecular complexity index is 651. The van der Waals surface area contributed by atoms with E-state index < -0.39 is 15.8 Å². The fourth-order valence-electron chi connectivity index (χ4n) is 1.92. The number of carbonyl (C=O) groups excluding carboxylic acids is 1. The predicted molar refractivity (Wildman–Crippen MR) is 78.1 cm³/mol. The van der Waals surface area contributed by atoms with Crippen LogP contribution in [0.1, 0.15) is 28.8 Å². The molecule has 0 heterocycles. The van der Waals surface area contributed by atoms with Crippen LogP contribution in [0.2, 0.25) is 0 Å². The molecule has 1 rings (SSSR count). The molecule has 0 aliphatic rings. The number of carboxylic acid groups (broad SMARTS) is 1. The number of benzene rings is 1. The van der Waals surface area contributed by atoms with E-state index in [1.54, 1.807) is 26.1 Å². The molecule has 0 fully saturated rings. The van der Waals surface area contributed by atoms with Crippen LogP contribution in [0, 0.1) is 6.92 Å². The molecule has 1 amide bonds. The second-order valence-electron chi connectivity index (χ2n) is 4.98. The lowest BCUT2D eigenvalue weighted by Gasteiger charge is -2.17. The summed E-state index contributed by atoms with van der Waals surface area (Å²) in [5, 5.41) is 8.57. The number of nitrogens with zero attached hydrogens (tertiary/aromatic N) is 1. The number of aliphatic carboxylic acids is 1. The maximum absolute atomic E-state index is 12.2. The summed E-state index contributed by atoms with van der Waals surface area (Å²) in [7, 11) is -1.83. The van der Waals surface area contributed by atoms with Gasteiger partial charge in [-0.2, -0.15) is 0 Å². The number of amides is 1. The Hall–Kier alpha value is -1.89. The third-order valence-electron chi connectivity index (χ3n) is 3.07. The summed E-state index contributed by atoms with van der Waals surface area (Å²) in [6.45, 7) is 1.97. The first-order valence-electron chi connectivity index (χ1n) is 6.41. The normalized spacial score (nSPS) is 11.2. The third kappa shape index (κ3) is 4.86. The number of aryl methyl sites for hydroxylation is 1. The first-order valence-corrected chi connectivity index (χ1v) is 8.30. The van der Waals surface area contributed by atoms with Crippen molar-refractivity contribution < 1.29 is 23.1 Å². The van der Waals surface area contributed by atoms with Gasteiger partial charge in [0.15, 0.2) is 9.84 Å². The standard InChI is InChI=1S/C14H19NO5S/c1-10-6-7-11(9-12(10)21(3,19)20)14(18)15(2)8-4-5-13(16)17/h6-7,9H,4-5,8H2,1-3H3,(H,16,17). The van der Waals surface area contributed by atoms with Crippen molar-refractivity contribution in [2.45, 2.75) is 24.7 Å². The summed E-state index contributed by atoms with van der Waals surface area (Å²) in [5.74, 6) is -1.24. The molecule has 1 N–H and O–H groups in total. The Balaban J connectivity index is 2.90. The first kappa shape index (κ1) is 17.2. The van der Waals surface area contributed by atoms with Crippen molar-refractivity contribution in [3.63, 3.8) is 0 Å². The van der Waals surface area contributed by atoms with Crippen LogP contribution in [0.3, 0.4) is 0 Å². The molecule has 1 aromatic rings. The van der Waals surface area contributed by atoms with Gasteiger partial charge in [-0.25, -0.2) is 8.42 Å². The van der Waals surface area contributed by atoms with Crippen molar-refractivity contribution in [2.24, 2.45) is 0 Å². The quantitative estimate of drug-likeness (QED) is 0.855. The van der Waals surface area contributed by atoms with Crippen LogP contribution in [-0.4, -0.2) is 50.1 Å². The minimum absolute atomic E-state index is 0.0138. The molecule has 116 valence electrons. The average molecular weight is 313 g/mol. The molecule has 0 aromatic heterocycles.